The van der Waals surface area contributed by atoms with Gasteiger partial charge in [-0.05, 0) is 32.7 Å². The summed E-state index contributed by atoms with van der Waals surface area (Å²) >= 11 is 0. The van der Waals surface area contributed by atoms with Gasteiger partial charge in [-0.1, -0.05) is 12.2 Å². The topological polar surface area (TPSA) is 21.3 Å². The van der Waals surface area contributed by atoms with Crippen molar-refractivity contribution in [2.75, 3.05) is 19.8 Å². The molecule has 1 fully saturated rings. The van der Waals surface area contributed by atoms with E-state index in [0.29, 0.717) is 6.04 Å². The SMILES string of the molecule is C/C=C/CCNC1CCOCC1. The van der Waals surface area contributed by atoms with Crippen molar-refractivity contribution >= 4 is 0 Å². The van der Waals surface area contributed by atoms with Gasteiger partial charge in [0.15, 0.2) is 0 Å². The zero-order valence-corrected chi connectivity index (χ0v) is 7.88. The van der Waals surface area contributed by atoms with E-state index in [2.05, 4.69) is 24.4 Å². The summed E-state index contributed by atoms with van der Waals surface area (Å²) in [4.78, 5) is 0. The van der Waals surface area contributed by atoms with Crippen molar-refractivity contribution in [1.29, 1.82) is 0 Å². The van der Waals surface area contributed by atoms with Crippen LogP contribution in [0.25, 0.3) is 0 Å². The first-order chi connectivity index (χ1) is 5.93. The minimum absolute atomic E-state index is 0.698. The Morgan fingerprint density at radius 3 is 2.83 bits per heavy atom. The highest BCUT2D eigenvalue weighted by molar-refractivity contribution is 4.79. The maximum atomic E-state index is 5.27. The molecule has 0 atom stereocenters. The number of rotatable bonds is 4. The fourth-order valence-electron chi connectivity index (χ4n) is 1.44. The van der Waals surface area contributed by atoms with Gasteiger partial charge in [-0.3, -0.25) is 0 Å². The van der Waals surface area contributed by atoms with E-state index in [-0.39, 0.29) is 0 Å². The summed E-state index contributed by atoms with van der Waals surface area (Å²) in [6, 6.07) is 0.698. The van der Waals surface area contributed by atoms with Crippen molar-refractivity contribution in [3.05, 3.63) is 12.2 Å². The Balaban J connectivity index is 1.97. The smallest absolute Gasteiger partial charge is 0.0480 e. The summed E-state index contributed by atoms with van der Waals surface area (Å²) in [7, 11) is 0. The second-order valence-electron chi connectivity index (χ2n) is 3.20. The van der Waals surface area contributed by atoms with Crippen molar-refractivity contribution in [1.82, 2.24) is 5.32 Å². The Morgan fingerprint density at radius 1 is 1.42 bits per heavy atom. The summed E-state index contributed by atoms with van der Waals surface area (Å²) in [5.74, 6) is 0. The largest absolute Gasteiger partial charge is 0.381 e. The van der Waals surface area contributed by atoms with Gasteiger partial charge in [-0.25, -0.2) is 0 Å². The molecular formula is C10H19NO. The predicted octanol–water partition coefficient (Wildman–Crippen LogP) is 1.72. The van der Waals surface area contributed by atoms with Gasteiger partial charge >= 0.3 is 0 Å². The second kappa shape index (κ2) is 6.21. The third-order valence-corrected chi connectivity index (χ3v) is 2.20. The van der Waals surface area contributed by atoms with Gasteiger partial charge in [0.05, 0.1) is 0 Å². The van der Waals surface area contributed by atoms with Crippen LogP contribution < -0.4 is 5.32 Å². The van der Waals surface area contributed by atoms with Crippen LogP contribution in [-0.4, -0.2) is 25.8 Å². The quantitative estimate of drug-likeness (QED) is 0.511. The van der Waals surface area contributed by atoms with Crippen molar-refractivity contribution in [3.63, 3.8) is 0 Å². The molecule has 1 N–H and O–H groups in total. The molecule has 0 aliphatic carbocycles. The Morgan fingerprint density at radius 2 is 2.17 bits per heavy atom. The van der Waals surface area contributed by atoms with Crippen molar-refractivity contribution < 1.29 is 4.74 Å². The van der Waals surface area contributed by atoms with Gasteiger partial charge in [0.1, 0.15) is 0 Å². The van der Waals surface area contributed by atoms with Crippen LogP contribution in [0.4, 0.5) is 0 Å². The molecule has 1 saturated heterocycles. The summed E-state index contributed by atoms with van der Waals surface area (Å²) in [6.07, 6.45) is 7.80. The van der Waals surface area contributed by atoms with Gasteiger partial charge in [0, 0.05) is 19.3 Å². The van der Waals surface area contributed by atoms with Gasteiger partial charge in [0.25, 0.3) is 0 Å². The molecule has 0 aromatic rings. The van der Waals surface area contributed by atoms with Gasteiger partial charge in [0.2, 0.25) is 0 Å². The molecule has 0 unspecified atom stereocenters. The fraction of sp³-hybridized carbons (Fsp3) is 0.800. The Hall–Kier alpha value is -0.340. The molecule has 2 heteroatoms. The first-order valence-corrected chi connectivity index (χ1v) is 4.86. The van der Waals surface area contributed by atoms with Crippen LogP contribution in [-0.2, 0) is 4.74 Å². The first-order valence-electron chi connectivity index (χ1n) is 4.86. The molecule has 0 saturated carbocycles. The van der Waals surface area contributed by atoms with E-state index >= 15 is 0 Å². The summed E-state index contributed by atoms with van der Waals surface area (Å²) in [5.41, 5.74) is 0. The molecule has 0 radical (unpaired) electrons. The monoisotopic (exact) mass is 169 g/mol. The van der Waals surface area contributed by atoms with Crippen LogP contribution >= 0.6 is 0 Å². The number of hydrogen-bond donors (Lipinski definition) is 1. The molecule has 0 bridgehead atoms. The van der Waals surface area contributed by atoms with E-state index in [9.17, 15) is 0 Å². The van der Waals surface area contributed by atoms with Crippen LogP contribution in [0.3, 0.4) is 0 Å². The average Bonchev–Trinajstić information content (AvgIpc) is 2.14. The van der Waals surface area contributed by atoms with Gasteiger partial charge in [-0.2, -0.15) is 0 Å². The number of nitrogens with one attached hydrogen (secondary N) is 1. The lowest BCUT2D eigenvalue weighted by atomic mass is 10.1. The Labute approximate surface area is 75.0 Å². The number of ether oxygens (including phenoxy) is 1. The van der Waals surface area contributed by atoms with E-state index in [4.69, 9.17) is 4.74 Å². The third-order valence-electron chi connectivity index (χ3n) is 2.20. The highest BCUT2D eigenvalue weighted by Crippen LogP contribution is 2.05. The zero-order valence-electron chi connectivity index (χ0n) is 7.88. The van der Waals surface area contributed by atoms with Crippen LogP contribution in [0.2, 0.25) is 0 Å². The predicted molar refractivity (Wildman–Crippen MR) is 51.3 cm³/mol. The highest BCUT2D eigenvalue weighted by atomic mass is 16.5. The fourth-order valence-corrected chi connectivity index (χ4v) is 1.44. The summed E-state index contributed by atoms with van der Waals surface area (Å²) < 4.78 is 5.27. The van der Waals surface area contributed by atoms with E-state index in [1.54, 1.807) is 0 Å². The standard InChI is InChI=1S/C10H19NO/c1-2-3-4-7-11-10-5-8-12-9-6-10/h2-3,10-11H,4-9H2,1H3/b3-2+. The molecule has 0 spiro atoms. The Kier molecular flexibility index (Phi) is 5.04. The van der Waals surface area contributed by atoms with E-state index in [0.717, 1.165) is 26.2 Å². The average molecular weight is 169 g/mol. The molecular weight excluding hydrogens is 150 g/mol. The first kappa shape index (κ1) is 9.75. The maximum absolute atomic E-state index is 5.27. The molecule has 70 valence electrons. The molecule has 1 aliphatic rings. The number of allylic oxidation sites excluding steroid dienone is 1. The van der Waals surface area contributed by atoms with Crippen molar-refractivity contribution in [3.8, 4) is 0 Å². The summed E-state index contributed by atoms with van der Waals surface area (Å²) in [6.45, 7) is 5.03. The highest BCUT2D eigenvalue weighted by Gasteiger charge is 2.11. The lowest BCUT2D eigenvalue weighted by Crippen LogP contribution is -2.35. The van der Waals surface area contributed by atoms with Gasteiger partial charge in [-0.15, -0.1) is 0 Å². The molecule has 2 nitrogen and oxygen atoms in total. The minimum atomic E-state index is 0.698. The minimum Gasteiger partial charge on any atom is -0.381 e. The molecule has 0 aromatic heterocycles. The Bertz CT molecular complexity index is 128. The lowest BCUT2D eigenvalue weighted by Gasteiger charge is -2.22. The normalized spacial score (nSPS) is 20.4. The third kappa shape index (κ3) is 3.88. The molecule has 1 rings (SSSR count). The van der Waals surface area contributed by atoms with Gasteiger partial charge < -0.3 is 10.1 Å². The van der Waals surface area contributed by atoms with Crippen LogP contribution in [0.15, 0.2) is 12.2 Å². The van der Waals surface area contributed by atoms with E-state index in [1.165, 1.54) is 12.8 Å². The zero-order chi connectivity index (χ0) is 8.65. The molecule has 1 aliphatic heterocycles. The van der Waals surface area contributed by atoms with Crippen LogP contribution in [0, 0.1) is 0 Å². The number of hydrogen-bond acceptors (Lipinski definition) is 2. The lowest BCUT2D eigenvalue weighted by molar-refractivity contribution is 0.0782. The molecule has 1 heterocycles. The van der Waals surface area contributed by atoms with E-state index in [1.807, 2.05) is 0 Å². The van der Waals surface area contributed by atoms with Crippen molar-refractivity contribution in [2.24, 2.45) is 0 Å². The van der Waals surface area contributed by atoms with E-state index < -0.39 is 0 Å². The molecule has 0 amide bonds. The summed E-state index contributed by atoms with van der Waals surface area (Å²) in [5, 5.41) is 3.53. The molecule has 0 aromatic carbocycles. The molecule has 12 heavy (non-hydrogen) atoms. The van der Waals surface area contributed by atoms with Crippen LogP contribution in [0.5, 0.6) is 0 Å². The second-order valence-corrected chi connectivity index (χ2v) is 3.20. The van der Waals surface area contributed by atoms with Crippen molar-refractivity contribution in [2.45, 2.75) is 32.2 Å². The maximum Gasteiger partial charge on any atom is 0.0480 e. The van der Waals surface area contributed by atoms with Crippen LogP contribution in [0.1, 0.15) is 26.2 Å².